The Kier molecular flexibility index (Phi) is 8.64. The normalized spacial score (nSPS) is 19.3. The minimum absolute atomic E-state index is 0. The summed E-state index contributed by atoms with van der Waals surface area (Å²) in [5.41, 5.74) is 2.10. The van der Waals surface area contributed by atoms with Crippen molar-refractivity contribution in [2.24, 2.45) is 4.99 Å². The Morgan fingerprint density at radius 2 is 2.10 bits per heavy atom. The first-order valence-electron chi connectivity index (χ1n) is 10.6. The molecule has 0 spiro atoms. The number of piperazine rings is 1. The number of hydrogen-bond acceptors (Lipinski definition) is 5. The fourth-order valence-electron chi connectivity index (χ4n) is 3.87. The van der Waals surface area contributed by atoms with Crippen LogP contribution < -0.4 is 5.32 Å². The van der Waals surface area contributed by atoms with E-state index in [0.29, 0.717) is 26.2 Å². The lowest BCUT2D eigenvalue weighted by atomic mass is 10.1. The van der Waals surface area contributed by atoms with Crippen molar-refractivity contribution in [1.29, 1.82) is 0 Å². The summed E-state index contributed by atoms with van der Waals surface area (Å²) >= 11 is 0. The molecule has 2 fully saturated rings. The number of nitrogens with one attached hydrogen (secondary N) is 2. The molecule has 4 rings (SSSR count). The molecule has 1 atom stereocenters. The first-order valence-corrected chi connectivity index (χ1v) is 10.6. The Bertz CT molecular complexity index is 860. The number of rotatable bonds is 5. The van der Waals surface area contributed by atoms with Gasteiger partial charge >= 0.3 is 0 Å². The Morgan fingerprint density at radius 1 is 1.29 bits per heavy atom. The lowest BCUT2D eigenvalue weighted by molar-refractivity contribution is -0.142. The number of benzene rings is 1. The van der Waals surface area contributed by atoms with Gasteiger partial charge in [0.25, 0.3) is 5.91 Å². The van der Waals surface area contributed by atoms with E-state index in [4.69, 9.17) is 9.73 Å². The number of amides is 1. The number of guanidine groups is 1. The van der Waals surface area contributed by atoms with Crippen molar-refractivity contribution >= 4 is 35.8 Å². The van der Waals surface area contributed by atoms with Gasteiger partial charge in [0.15, 0.2) is 11.8 Å². The maximum atomic E-state index is 12.6. The van der Waals surface area contributed by atoms with E-state index in [0.717, 1.165) is 55.4 Å². The molecule has 2 aliphatic heterocycles. The van der Waals surface area contributed by atoms with Gasteiger partial charge in [-0.1, -0.05) is 18.2 Å². The van der Waals surface area contributed by atoms with E-state index in [-0.39, 0.29) is 36.0 Å². The molecule has 2 saturated heterocycles. The third-order valence-corrected chi connectivity index (χ3v) is 5.46. The van der Waals surface area contributed by atoms with E-state index in [1.807, 2.05) is 17.0 Å². The summed E-state index contributed by atoms with van der Waals surface area (Å²) < 4.78 is 5.55. The molecule has 0 bridgehead atoms. The molecular formula is C21H30IN7O2. The largest absolute Gasteiger partial charge is 0.368 e. The first kappa shape index (κ1) is 23.5. The Labute approximate surface area is 199 Å². The minimum Gasteiger partial charge on any atom is -0.368 e. The van der Waals surface area contributed by atoms with Gasteiger partial charge in [-0.2, -0.15) is 5.10 Å². The average molecular weight is 539 g/mol. The van der Waals surface area contributed by atoms with Gasteiger partial charge in [-0.3, -0.25) is 9.89 Å². The molecule has 168 valence electrons. The molecule has 10 heteroatoms. The summed E-state index contributed by atoms with van der Waals surface area (Å²) in [4.78, 5) is 25.8. The van der Waals surface area contributed by atoms with Crippen LogP contribution in [-0.2, 0) is 16.1 Å². The van der Waals surface area contributed by atoms with E-state index in [1.165, 1.54) is 6.33 Å². The van der Waals surface area contributed by atoms with Crippen molar-refractivity contribution in [3.63, 3.8) is 0 Å². The van der Waals surface area contributed by atoms with Gasteiger partial charge in [-0.05, 0) is 31.4 Å². The molecule has 3 heterocycles. The van der Waals surface area contributed by atoms with Crippen LogP contribution >= 0.6 is 24.0 Å². The topological polar surface area (TPSA) is 98.7 Å². The number of aromatic nitrogens is 3. The Morgan fingerprint density at radius 3 is 2.77 bits per heavy atom. The van der Waals surface area contributed by atoms with Gasteiger partial charge < -0.3 is 19.9 Å². The number of aromatic amines is 1. The maximum Gasteiger partial charge on any atom is 0.251 e. The van der Waals surface area contributed by atoms with Crippen molar-refractivity contribution < 1.29 is 9.53 Å². The molecule has 1 aromatic heterocycles. The molecule has 31 heavy (non-hydrogen) atoms. The molecule has 2 N–H and O–H groups in total. The molecule has 0 saturated carbocycles. The summed E-state index contributed by atoms with van der Waals surface area (Å²) in [5, 5.41) is 10.2. The highest BCUT2D eigenvalue weighted by molar-refractivity contribution is 14.0. The van der Waals surface area contributed by atoms with Crippen LogP contribution in [0.3, 0.4) is 0 Å². The number of hydrogen-bond donors (Lipinski definition) is 2. The predicted molar refractivity (Wildman–Crippen MR) is 129 cm³/mol. The number of carbonyl (C=O) groups is 1. The molecule has 1 aromatic carbocycles. The maximum absolute atomic E-state index is 12.6. The second kappa shape index (κ2) is 11.4. The minimum atomic E-state index is -0.241. The van der Waals surface area contributed by atoms with Crippen molar-refractivity contribution in [3.05, 3.63) is 36.2 Å². The monoisotopic (exact) mass is 539 g/mol. The Balaban J connectivity index is 0.00000272. The van der Waals surface area contributed by atoms with E-state index in [1.54, 1.807) is 0 Å². The van der Waals surface area contributed by atoms with Crippen LogP contribution in [0.25, 0.3) is 11.4 Å². The van der Waals surface area contributed by atoms with Crippen molar-refractivity contribution in [2.45, 2.75) is 32.4 Å². The molecule has 2 aromatic rings. The average Bonchev–Trinajstić information content (AvgIpc) is 3.51. The zero-order valence-electron chi connectivity index (χ0n) is 17.8. The summed E-state index contributed by atoms with van der Waals surface area (Å²) in [6.45, 7) is 7.06. The van der Waals surface area contributed by atoms with Crippen LogP contribution in [0.2, 0.25) is 0 Å². The van der Waals surface area contributed by atoms with Crippen LogP contribution in [-0.4, -0.2) is 82.3 Å². The van der Waals surface area contributed by atoms with Gasteiger partial charge in [0.05, 0.1) is 6.54 Å². The fraction of sp³-hybridized carbons (Fsp3) is 0.524. The molecule has 1 unspecified atom stereocenters. The summed E-state index contributed by atoms with van der Waals surface area (Å²) in [5.74, 6) is 1.77. The predicted octanol–water partition coefficient (Wildman–Crippen LogP) is 1.88. The van der Waals surface area contributed by atoms with E-state index < -0.39 is 0 Å². The van der Waals surface area contributed by atoms with Crippen molar-refractivity contribution in [2.75, 3.05) is 39.3 Å². The molecule has 2 aliphatic rings. The number of halogens is 1. The Hall–Kier alpha value is -2.21. The first-order chi connectivity index (χ1) is 14.7. The lowest BCUT2D eigenvalue weighted by Gasteiger charge is -2.37. The van der Waals surface area contributed by atoms with Crippen LogP contribution in [0.1, 0.15) is 25.3 Å². The number of ether oxygens (including phenoxy) is 1. The number of H-pyrrole nitrogens is 1. The van der Waals surface area contributed by atoms with Crippen LogP contribution in [0, 0.1) is 0 Å². The van der Waals surface area contributed by atoms with E-state index in [9.17, 15) is 4.79 Å². The highest BCUT2D eigenvalue weighted by Gasteiger charge is 2.30. The zero-order chi connectivity index (χ0) is 20.8. The smallest absolute Gasteiger partial charge is 0.251 e. The van der Waals surface area contributed by atoms with E-state index in [2.05, 4.69) is 44.5 Å². The molecule has 9 nitrogen and oxygen atoms in total. The standard InChI is InChI=1S/C21H29N7O2.HI/c1-2-22-21(23-14-16-5-3-6-17(13-16)19-24-15-25-26-19)28-10-8-27(9-11-28)20(29)18-7-4-12-30-18;/h3,5-6,13,15,18H,2,4,7-12,14H2,1H3,(H,22,23)(H,24,25,26);1H. The van der Waals surface area contributed by atoms with E-state index >= 15 is 0 Å². The molecule has 0 aliphatic carbocycles. The van der Waals surface area contributed by atoms with Gasteiger partial charge in [0.2, 0.25) is 0 Å². The fourth-order valence-corrected chi connectivity index (χ4v) is 3.87. The third-order valence-electron chi connectivity index (χ3n) is 5.46. The van der Waals surface area contributed by atoms with Crippen LogP contribution in [0.5, 0.6) is 0 Å². The summed E-state index contributed by atoms with van der Waals surface area (Å²) in [6.07, 6.45) is 3.09. The van der Waals surface area contributed by atoms with Crippen LogP contribution in [0.4, 0.5) is 0 Å². The molecular weight excluding hydrogens is 509 g/mol. The quantitative estimate of drug-likeness (QED) is 0.342. The number of nitrogens with zero attached hydrogens (tertiary/aromatic N) is 5. The third kappa shape index (κ3) is 5.94. The van der Waals surface area contributed by atoms with Gasteiger partial charge in [-0.15, -0.1) is 24.0 Å². The highest BCUT2D eigenvalue weighted by Crippen LogP contribution is 2.17. The van der Waals surface area contributed by atoms with Crippen molar-refractivity contribution in [3.8, 4) is 11.4 Å². The summed E-state index contributed by atoms with van der Waals surface area (Å²) in [7, 11) is 0. The van der Waals surface area contributed by atoms with Gasteiger partial charge in [-0.25, -0.2) is 9.98 Å². The van der Waals surface area contributed by atoms with Crippen molar-refractivity contribution in [1.82, 2.24) is 30.3 Å². The molecule has 1 amide bonds. The second-order valence-corrected chi connectivity index (χ2v) is 7.52. The van der Waals surface area contributed by atoms with Crippen LogP contribution in [0.15, 0.2) is 35.6 Å². The second-order valence-electron chi connectivity index (χ2n) is 7.52. The highest BCUT2D eigenvalue weighted by atomic mass is 127. The molecule has 0 radical (unpaired) electrons. The SMILES string of the molecule is CCNC(=NCc1cccc(-c2ncn[nH]2)c1)N1CCN(C(=O)C2CCCO2)CC1.I. The summed E-state index contributed by atoms with van der Waals surface area (Å²) in [6, 6.07) is 8.14. The van der Waals surface area contributed by atoms with Gasteiger partial charge in [0.1, 0.15) is 12.4 Å². The van der Waals surface area contributed by atoms with Gasteiger partial charge in [0, 0.05) is 44.9 Å². The zero-order valence-corrected chi connectivity index (χ0v) is 20.1. The number of carbonyl (C=O) groups excluding carboxylic acids is 1. The number of aliphatic imine (C=N–C) groups is 1. The lowest BCUT2D eigenvalue weighted by Crippen LogP contribution is -2.55.